The first-order valence-electron chi connectivity index (χ1n) is 47.9. The summed E-state index contributed by atoms with van der Waals surface area (Å²) in [6.45, 7) is 4.33. The highest BCUT2D eigenvalue weighted by molar-refractivity contribution is 7.29. The molecule has 0 N–H and O–H groups in total. The van der Waals surface area contributed by atoms with Crippen molar-refractivity contribution in [1.29, 1.82) is 0 Å². The molecule has 32 rings (SSSR count). The number of aryl methyl sites for hydroxylation is 2. The Balaban J connectivity index is 0.0000000995. The quantitative estimate of drug-likeness (QED) is 0.127. The van der Waals surface area contributed by atoms with Crippen molar-refractivity contribution in [2.24, 2.45) is 0 Å². The van der Waals surface area contributed by atoms with Gasteiger partial charge in [0.1, 0.15) is 0 Å². The minimum Gasteiger partial charge on any atom is -0.255 e. The first-order chi connectivity index (χ1) is 69.7. The fourth-order valence-electron chi connectivity index (χ4n) is 23.7. The second-order valence-corrected chi connectivity index (χ2v) is 44.2. The third-order valence-electron chi connectivity index (χ3n) is 29.8. The van der Waals surface area contributed by atoms with Gasteiger partial charge in [0, 0.05) is 199 Å². The van der Waals surface area contributed by atoms with Crippen LogP contribution in [0.1, 0.15) is 11.1 Å². The van der Waals surface area contributed by atoms with E-state index in [1.54, 1.807) is 0 Å². The number of nitrogens with zero attached hydrogens (tertiary/aromatic N) is 2. The summed E-state index contributed by atoms with van der Waals surface area (Å²) >= 11 is 18.4. The van der Waals surface area contributed by atoms with E-state index in [1.165, 1.54) is 301 Å². The van der Waals surface area contributed by atoms with Crippen LogP contribution in [0.25, 0.3) is 306 Å². The van der Waals surface area contributed by atoms with Crippen molar-refractivity contribution in [1.82, 2.24) is 9.97 Å². The second kappa shape index (κ2) is 31.7. The summed E-state index contributed by atoms with van der Waals surface area (Å²) in [5.74, 6) is 0. The van der Waals surface area contributed by atoms with Crippen LogP contribution in [0.3, 0.4) is 0 Å². The molecule has 9 heteroatoms. The van der Waals surface area contributed by atoms with Gasteiger partial charge in [-0.1, -0.05) is 344 Å². The van der Waals surface area contributed by atoms with Gasteiger partial charge in [-0.15, -0.1) is 68.0 Å². The number of halogens is 1. The number of fused-ring (bicyclic) bond motifs is 30. The number of aromatic nitrogens is 2. The van der Waals surface area contributed by atoms with Crippen molar-refractivity contribution in [3.63, 3.8) is 0 Å². The zero-order valence-corrected chi connectivity index (χ0v) is 81.7. The Morgan fingerprint density at radius 2 is 0.376 bits per heavy atom. The molecule has 0 atom stereocenters. The van der Waals surface area contributed by atoms with E-state index < -0.39 is 0 Å². The monoisotopic (exact) mass is 1910 g/mol. The topological polar surface area (TPSA) is 25.8 Å². The van der Waals surface area contributed by atoms with E-state index in [0.717, 1.165) is 21.4 Å². The molecule has 2 nitrogen and oxygen atoms in total. The summed E-state index contributed by atoms with van der Waals surface area (Å²) in [5, 5.41) is 45.1. The summed E-state index contributed by atoms with van der Waals surface area (Å²) in [4.78, 5) is 10.1. The Labute approximate surface area is 837 Å². The highest BCUT2D eigenvalue weighted by Crippen LogP contribution is 2.58. The summed E-state index contributed by atoms with van der Waals surface area (Å²) in [6, 6.07) is 150. The Morgan fingerprint density at radius 1 is 0.163 bits per heavy atom. The first kappa shape index (κ1) is 81.3. The zero-order valence-electron chi connectivity index (χ0n) is 76.1. The molecule has 0 saturated heterocycles. The number of rotatable bonds is 5. The van der Waals surface area contributed by atoms with Gasteiger partial charge in [-0.05, 0) is 203 Å². The van der Waals surface area contributed by atoms with E-state index in [9.17, 15) is 0 Å². The molecule has 141 heavy (non-hydrogen) atoms. The van der Waals surface area contributed by atoms with Gasteiger partial charge in [0.05, 0.1) is 20.4 Å². The van der Waals surface area contributed by atoms with Gasteiger partial charge < -0.3 is 0 Å². The van der Waals surface area contributed by atoms with E-state index >= 15 is 0 Å². The lowest BCUT2D eigenvalue weighted by Crippen LogP contribution is -1.92. The van der Waals surface area contributed by atoms with Crippen LogP contribution < -0.4 is 0 Å². The Kier molecular flexibility index (Phi) is 18.3. The van der Waals surface area contributed by atoms with Gasteiger partial charge in [-0.2, -0.15) is 0 Å². The summed E-state index contributed by atoms with van der Waals surface area (Å²) < 4.78 is 15.7. The molecule has 0 bridgehead atoms. The highest BCUT2D eigenvalue weighted by atomic mass is 35.5. The molecule has 24 aromatic carbocycles. The standard InChI is InChI=1S/C48H30S2.C44H24N2S2.C40H21ClS2/c1-27-17-21-29(22-18-27)37-25-39-43-35-13-7-16-42-46(35)44(36-14-8-15-41(45(36)43)49-47(39)33-11-5-3-9-31(33)37)40-26-38(30-23-19-28(2)20-24-30)32-10-4-6-12-34(32)48(40)50-42;1-3-11-25(12-4-1)31-23-33-37-29-15-7-20-36-40(29)38(30-16-8-19-35(39(30)37)47-43(33)41-27(31)17-9-21-45-41)34-24-32(26-13-5-2-6-14-26)28-18-10-22-46-42(28)44(34)48-36;41-32-21-31-36-28-17-9-18-33-37(28)35(27-16-8-19-34(38(27)36)43-40(31)26-15-7-5-13-24(26)32)30-20-29(22-10-2-1-3-11-22)23-12-4-6-14-25(23)39(30)42-33/h3-26H,1-2H3;1-24H;1-21H. The van der Waals surface area contributed by atoms with Gasteiger partial charge >= 0.3 is 0 Å². The Hall–Kier alpha value is -15.7. The lowest BCUT2D eigenvalue weighted by molar-refractivity contribution is 1.43. The van der Waals surface area contributed by atoms with E-state index in [4.69, 9.17) is 21.6 Å². The molecule has 0 saturated carbocycles. The molecular weight excluding hydrogens is 1840 g/mol. The molecule has 0 fully saturated rings. The van der Waals surface area contributed by atoms with E-state index in [-0.39, 0.29) is 0 Å². The maximum absolute atomic E-state index is 6.99. The molecule has 656 valence electrons. The fourth-order valence-corrected chi connectivity index (χ4v) is 31.4. The highest BCUT2D eigenvalue weighted by Gasteiger charge is 2.29. The van der Waals surface area contributed by atoms with Crippen LogP contribution in [0.5, 0.6) is 0 Å². The number of pyridine rings is 2. The van der Waals surface area contributed by atoms with Crippen molar-refractivity contribution in [2.45, 2.75) is 13.8 Å². The molecule has 0 amide bonds. The van der Waals surface area contributed by atoms with Crippen LogP contribution in [-0.2, 0) is 0 Å². The van der Waals surface area contributed by atoms with E-state index in [2.05, 4.69) is 420 Å². The van der Waals surface area contributed by atoms with Crippen LogP contribution in [-0.4, -0.2) is 9.97 Å². The van der Waals surface area contributed by atoms with Crippen LogP contribution in [0.2, 0.25) is 5.02 Å². The molecule has 0 aliphatic heterocycles. The summed E-state index contributed by atoms with van der Waals surface area (Å²) in [7, 11) is 0. The molecule has 0 unspecified atom stereocenters. The Bertz CT molecular complexity index is 10600. The molecular formula is C132H75ClN2S6. The van der Waals surface area contributed by atoms with E-state index in [1.807, 2.05) is 80.4 Å². The van der Waals surface area contributed by atoms with Crippen LogP contribution in [0.4, 0.5) is 0 Å². The predicted molar refractivity (Wildman–Crippen MR) is 624 cm³/mol. The van der Waals surface area contributed by atoms with Crippen molar-refractivity contribution in [2.75, 3.05) is 0 Å². The molecule has 8 heterocycles. The van der Waals surface area contributed by atoms with Gasteiger partial charge in [-0.3, -0.25) is 9.97 Å². The van der Waals surface area contributed by atoms with Crippen molar-refractivity contribution in [3.8, 4) is 55.6 Å². The zero-order chi connectivity index (χ0) is 92.7. The largest absolute Gasteiger partial charge is 0.255 e. The lowest BCUT2D eigenvalue weighted by atomic mass is 9.88. The molecule has 8 aromatic heterocycles. The SMILES string of the molecule is Cc1ccc(-c2cc3c(sc4cccc5c4c3c3cccc4sc6c7ccccc7c(-c7ccc(C)cc7)cc6c5c43)c3ccccc23)cc1.Clc1cc2c(sc3cccc4c3c2c2cccc3sc5c6ccccc6c(-c6ccccc6)cc5c4c32)c2ccccc12.c1ccc(-c2cc3c(sc4cccc5c4c3c3cccc4sc6c(cc(-c7ccccc7)c7cccnc76)c5c43)c3ncccc23)cc1. The molecule has 0 radical (unpaired) electrons. The number of benzene rings is 24. The third-order valence-corrected chi connectivity index (χ3v) is 37.2. The second-order valence-electron chi connectivity index (χ2n) is 37.5. The number of hydrogen-bond acceptors (Lipinski definition) is 8. The Morgan fingerprint density at radius 3 is 0.667 bits per heavy atom. The van der Waals surface area contributed by atoms with Crippen molar-refractivity contribution in [3.05, 3.63) is 435 Å². The fraction of sp³-hybridized carbons (Fsp3) is 0.0152. The predicted octanol–water partition coefficient (Wildman–Crippen LogP) is 41.5. The van der Waals surface area contributed by atoms with E-state index in [0.29, 0.717) is 0 Å². The first-order valence-corrected chi connectivity index (χ1v) is 53.2. The van der Waals surface area contributed by atoms with Crippen molar-refractivity contribution < 1.29 is 0 Å². The van der Waals surface area contributed by atoms with Gasteiger partial charge in [0.15, 0.2) is 0 Å². The molecule has 0 aliphatic rings. The minimum absolute atomic E-state index is 0.807. The van der Waals surface area contributed by atoms with Gasteiger partial charge in [0.2, 0.25) is 0 Å². The minimum atomic E-state index is 0.807. The molecule has 32 aromatic rings. The van der Waals surface area contributed by atoms with Gasteiger partial charge in [-0.25, -0.2) is 0 Å². The maximum atomic E-state index is 6.99. The third kappa shape index (κ3) is 12.2. The maximum Gasteiger partial charge on any atom is 0.0886 e. The smallest absolute Gasteiger partial charge is 0.0886 e. The normalized spacial score (nSPS) is 12.2. The van der Waals surface area contributed by atoms with Crippen LogP contribution >= 0.6 is 79.6 Å². The lowest BCUT2D eigenvalue weighted by Gasteiger charge is -2.20. The average molecular weight is 1920 g/mol. The summed E-state index contributed by atoms with van der Waals surface area (Å²) in [6.07, 6.45) is 3.86. The number of hydrogen-bond donors (Lipinski definition) is 0. The van der Waals surface area contributed by atoms with Gasteiger partial charge in [0.25, 0.3) is 0 Å². The average Bonchev–Trinajstić information content (AvgIpc) is 0.694. The van der Waals surface area contributed by atoms with Crippen molar-refractivity contribution >= 4 is 330 Å². The summed E-state index contributed by atoms with van der Waals surface area (Å²) in [5.41, 5.74) is 17.2. The molecule has 0 aliphatic carbocycles. The molecule has 0 spiro atoms. The van der Waals surface area contributed by atoms with Crippen LogP contribution in [0.15, 0.2) is 419 Å². The van der Waals surface area contributed by atoms with Crippen LogP contribution in [0, 0.1) is 13.8 Å².